The number of aliphatic imine (C=N–C) groups is 1. The van der Waals surface area contributed by atoms with Gasteiger partial charge in [0, 0.05) is 31.3 Å². The number of halogens is 3. The van der Waals surface area contributed by atoms with Crippen molar-refractivity contribution in [1.82, 2.24) is 4.90 Å². The van der Waals surface area contributed by atoms with E-state index >= 15 is 0 Å². The maximum absolute atomic E-state index is 13.3. The summed E-state index contributed by atoms with van der Waals surface area (Å²) >= 11 is 0. The van der Waals surface area contributed by atoms with Crippen LogP contribution in [-0.4, -0.2) is 35.5 Å². The second-order valence-corrected chi connectivity index (χ2v) is 8.01. The van der Waals surface area contributed by atoms with E-state index in [1.165, 1.54) is 13.0 Å². The van der Waals surface area contributed by atoms with Gasteiger partial charge in [-0.2, -0.15) is 13.2 Å². The number of amides is 2. The quantitative estimate of drug-likeness (QED) is 0.634. The number of benzene rings is 2. The maximum Gasteiger partial charge on any atom is 0.416 e. The number of carbonyl (C=O) groups excluding carboxylic acids is 2. The monoisotopic (exact) mass is 430 g/mol. The fourth-order valence-electron chi connectivity index (χ4n) is 4.01. The summed E-state index contributed by atoms with van der Waals surface area (Å²) in [5.41, 5.74) is 0.649. The van der Waals surface area contributed by atoms with Crippen LogP contribution >= 0.6 is 0 Å². The van der Waals surface area contributed by atoms with Gasteiger partial charge >= 0.3 is 6.18 Å². The lowest BCUT2D eigenvalue weighted by atomic mass is 9.87. The number of hydrogen-bond donors (Lipinski definition) is 0. The Kier molecular flexibility index (Phi) is 6.93. The van der Waals surface area contributed by atoms with E-state index in [0.717, 1.165) is 17.7 Å². The number of rotatable bonds is 4. The normalized spacial score (nSPS) is 19.6. The lowest BCUT2D eigenvalue weighted by molar-refractivity contribution is -0.137. The van der Waals surface area contributed by atoms with Crippen molar-refractivity contribution in [2.45, 2.75) is 45.3 Å². The van der Waals surface area contributed by atoms with Crippen molar-refractivity contribution in [3.05, 3.63) is 70.8 Å². The Labute approximate surface area is 179 Å². The van der Waals surface area contributed by atoms with Gasteiger partial charge in [-0.1, -0.05) is 30.3 Å². The molecule has 1 fully saturated rings. The molecule has 1 heterocycles. The summed E-state index contributed by atoms with van der Waals surface area (Å²) in [6.07, 6.45) is -1.10. The minimum Gasteiger partial charge on any atom is -0.335 e. The number of carbonyl (C=O) groups is 2. The summed E-state index contributed by atoms with van der Waals surface area (Å²) in [6, 6.07) is 12.9. The van der Waals surface area contributed by atoms with Crippen LogP contribution in [0, 0.1) is 12.8 Å². The molecule has 0 N–H and O–H groups in total. The number of nitrogens with zero attached hydrogens (tertiary/aromatic N) is 2. The maximum atomic E-state index is 13.3. The SMILES string of the molecule is CC(=O)N=CC1CCN(C(=O)c2cc(C)cc(C(F)(F)F)c2)[C@H](Cc2ccccc2)C1. The average Bonchev–Trinajstić information content (AvgIpc) is 2.71. The fraction of sp³-hybridized carbons (Fsp3) is 0.375. The Balaban J connectivity index is 1.89. The molecule has 1 unspecified atom stereocenters. The molecular formula is C24H25F3N2O2. The third-order valence-corrected chi connectivity index (χ3v) is 5.45. The summed E-state index contributed by atoms with van der Waals surface area (Å²) in [4.78, 5) is 30.0. The number of likely N-dealkylation sites (tertiary alicyclic amines) is 1. The van der Waals surface area contributed by atoms with E-state index in [1.54, 1.807) is 18.0 Å². The van der Waals surface area contributed by atoms with Crippen LogP contribution in [0.3, 0.4) is 0 Å². The Morgan fingerprint density at radius 2 is 1.87 bits per heavy atom. The molecule has 31 heavy (non-hydrogen) atoms. The minimum atomic E-state index is -4.51. The van der Waals surface area contributed by atoms with Gasteiger partial charge in [-0.15, -0.1) is 0 Å². The van der Waals surface area contributed by atoms with Gasteiger partial charge in [-0.05, 0) is 61.4 Å². The molecule has 2 amide bonds. The molecule has 164 valence electrons. The lowest BCUT2D eigenvalue weighted by Crippen LogP contribution is -2.47. The van der Waals surface area contributed by atoms with E-state index in [0.29, 0.717) is 31.4 Å². The summed E-state index contributed by atoms with van der Waals surface area (Å²) < 4.78 is 39.8. The topological polar surface area (TPSA) is 49.7 Å². The molecule has 0 aromatic heterocycles. The summed E-state index contributed by atoms with van der Waals surface area (Å²) in [7, 11) is 0. The molecule has 0 aliphatic carbocycles. The molecular weight excluding hydrogens is 405 g/mol. The molecule has 3 rings (SSSR count). The summed E-state index contributed by atoms with van der Waals surface area (Å²) in [5, 5.41) is 0. The highest BCUT2D eigenvalue weighted by Crippen LogP contribution is 2.32. The van der Waals surface area contributed by atoms with Crippen LogP contribution in [0.4, 0.5) is 13.2 Å². The van der Waals surface area contributed by atoms with Gasteiger partial charge < -0.3 is 4.90 Å². The molecule has 4 nitrogen and oxygen atoms in total. The highest BCUT2D eigenvalue weighted by Gasteiger charge is 2.34. The first-order chi connectivity index (χ1) is 14.6. The highest BCUT2D eigenvalue weighted by molar-refractivity contribution is 5.95. The molecule has 0 saturated carbocycles. The number of piperidine rings is 1. The Bertz CT molecular complexity index is 971. The third-order valence-electron chi connectivity index (χ3n) is 5.45. The van der Waals surface area contributed by atoms with E-state index in [4.69, 9.17) is 0 Å². The number of alkyl halides is 3. The largest absolute Gasteiger partial charge is 0.416 e. The van der Waals surface area contributed by atoms with Crippen LogP contribution in [0.1, 0.15) is 46.8 Å². The molecule has 0 radical (unpaired) electrons. The summed E-state index contributed by atoms with van der Waals surface area (Å²) in [6.45, 7) is 3.32. The van der Waals surface area contributed by atoms with Crippen molar-refractivity contribution in [2.75, 3.05) is 6.54 Å². The molecule has 1 aliphatic heterocycles. The van der Waals surface area contributed by atoms with E-state index < -0.39 is 17.6 Å². The van der Waals surface area contributed by atoms with Crippen LogP contribution in [0.2, 0.25) is 0 Å². The van der Waals surface area contributed by atoms with Crippen molar-refractivity contribution < 1.29 is 22.8 Å². The molecule has 1 saturated heterocycles. The molecule has 2 atom stereocenters. The van der Waals surface area contributed by atoms with Crippen LogP contribution in [0.25, 0.3) is 0 Å². The summed E-state index contributed by atoms with van der Waals surface area (Å²) in [5.74, 6) is -0.653. The molecule has 0 spiro atoms. The van der Waals surface area contributed by atoms with E-state index in [1.807, 2.05) is 30.3 Å². The van der Waals surface area contributed by atoms with E-state index in [2.05, 4.69) is 4.99 Å². The Morgan fingerprint density at radius 3 is 2.52 bits per heavy atom. The van der Waals surface area contributed by atoms with Crippen molar-refractivity contribution in [3.63, 3.8) is 0 Å². The number of hydrogen-bond acceptors (Lipinski definition) is 2. The second-order valence-electron chi connectivity index (χ2n) is 8.01. The fourth-order valence-corrected chi connectivity index (χ4v) is 4.01. The van der Waals surface area contributed by atoms with Gasteiger partial charge in [0.25, 0.3) is 5.91 Å². The van der Waals surface area contributed by atoms with Gasteiger partial charge in [0.15, 0.2) is 0 Å². The van der Waals surface area contributed by atoms with Gasteiger partial charge in [-0.25, -0.2) is 4.99 Å². The third kappa shape index (κ3) is 6.03. The predicted octanol–water partition coefficient (Wildman–Crippen LogP) is 5.09. The zero-order valence-electron chi connectivity index (χ0n) is 17.5. The van der Waals surface area contributed by atoms with Crippen molar-refractivity contribution in [2.24, 2.45) is 10.9 Å². The number of aryl methyl sites for hydroxylation is 1. The molecule has 2 aromatic rings. The van der Waals surface area contributed by atoms with E-state index in [9.17, 15) is 22.8 Å². The van der Waals surface area contributed by atoms with Crippen molar-refractivity contribution in [3.8, 4) is 0 Å². The lowest BCUT2D eigenvalue weighted by Gasteiger charge is -2.39. The van der Waals surface area contributed by atoms with Gasteiger partial charge in [0.05, 0.1) is 5.56 Å². The van der Waals surface area contributed by atoms with Crippen LogP contribution in [-0.2, 0) is 17.4 Å². The molecule has 1 aliphatic rings. The van der Waals surface area contributed by atoms with Gasteiger partial charge in [-0.3, -0.25) is 9.59 Å². The van der Waals surface area contributed by atoms with Crippen molar-refractivity contribution >= 4 is 18.0 Å². The molecule has 7 heteroatoms. The van der Waals surface area contributed by atoms with Crippen LogP contribution in [0.15, 0.2) is 53.5 Å². The second kappa shape index (κ2) is 9.45. The Morgan fingerprint density at radius 1 is 1.16 bits per heavy atom. The van der Waals surface area contributed by atoms with Gasteiger partial charge in [0.2, 0.25) is 5.91 Å². The first-order valence-corrected chi connectivity index (χ1v) is 10.2. The molecule has 2 aromatic carbocycles. The molecule has 0 bridgehead atoms. The van der Waals surface area contributed by atoms with Crippen molar-refractivity contribution in [1.29, 1.82) is 0 Å². The van der Waals surface area contributed by atoms with E-state index in [-0.39, 0.29) is 23.4 Å². The zero-order chi connectivity index (χ0) is 22.6. The average molecular weight is 430 g/mol. The van der Waals surface area contributed by atoms with Crippen LogP contribution in [0.5, 0.6) is 0 Å². The smallest absolute Gasteiger partial charge is 0.335 e. The van der Waals surface area contributed by atoms with Crippen LogP contribution < -0.4 is 0 Å². The minimum absolute atomic E-state index is 0.0323. The highest BCUT2D eigenvalue weighted by atomic mass is 19.4. The standard InChI is InChI=1S/C24H25F3N2O2/c1-16-10-20(14-21(11-16)24(25,26)27)23(31)29-9-8-19(15-28-17(2)30)13-22(29)12-18-6-4-3-5-7-18/h3-7,10-11,14-15,19,22H,8-9,12-13H2,1-2H3/t19?,22-/m1/s1. The first kappa shape index (κ1) is 22.7. The first-order valence-electron chi connectivity index (χ1n) is 10.2. The zero-order valence-corrected chi connectivity index (χ0v) is 17.5. The Hall–Kier alpha value is -2.96. The predicted molar refractivity (Wildman–Crippen MR) is 113 cm³/mol. The van der Waals surface area contributed by atoms with Gasteiger partial charge in [0.1, 0.15) is 0 Å².